The maximum atomic E-state index is 13.0. The number of nitrogens with zero attached hydrogens (tertiary/aromatic N) is 6. The van der Waals surface area contributed by atoms with Crippen molar-refractivity contribution in [2.24, 2.45) is 0 Å². The molecular formula is C24H31N7O. The molecular weight excluding hydrogens is 402 g/mol. The van der Waals surface area contributed by atoms with Crippen LogP contribution in [-0.2, 0) is 6.54 Å². The molecule has 0 saturated carbocycles. The second-order valence-electron chi connectivity index (χ2n) is 8.87. The minimum atomic E-state index is 0.0197. The third-order valence-electron chi connectivity index (χ3n) is 6.44. The lowest BCUT2D eigenvalue weighted by Crippen LogP contribution is -2.61. The van der Waals surface area contributed by atoms with Gasteiger partial charge in [0.05, 0.1) is 18.0 Å². The number of hydrogen-bond acceptors (Lipinski definition) is 6. The Morgan fingerprint density at radius 2 is 1.78 bits per heavy atom. The van der Waals surface area contributed by atoms with Crippen molar-refractivity contribution >= 4 is 12.0 Å². The first-order valence-electron chi connectivity index (χ1n) is 11.4. The molecule has 4 rings (SSSR count). The Morgan fingerprint density at radius 1 is 1.09 bits per heavy atom. The second kappa shape index (κ2) is 9.96. The molecule has 1 N–H and O–H groups in total. The monoisotopic (exact) mass is 433 g/mol. The number of carbonyl (C=O) groups excluding carboxylic acids is 1. The van der Waals surface area contributed by atoms with Gasteiger partial charge in [0, 0.05) is 50.8 Å². The molecule has 8 nitrogen and oxygen atoms in total. The Labute approximate surface area is 189 Å². The highest BCUT2D eigenvalue weighted by atomic mass is 16.2. The standard InChI is InChI=1S/C24H31N7O/c1-18-16-31(19(2)15-30(18)23-26-13-21(12-25)14-27-23)24(32)28-22-8-10-29(11-9-22)17-20-6-4-3-5-7-20/h3-7,13-14,18-19,22H,8-11,15-17H2,1-2H3,(H,28,32)/t18-,19+/m1/s1. The average molecular weight is 434 g/mol. The van der Waals surface area contributed by atoms with Crippen molar-refractivity contribution in [1.82, 2.24) is 25.1 Å². The van der Waals surface area contributed by atoms with Gasteiger partial charge in [-0.2, -0.15) is 5.26 Å². The smallest absolute Gasteiger partial charge is 0.317 e. The van der Waals surface area contributed by atoms with E-state index >= 15 is 0 Å². The van der Waals surface area contributed by atoms with Gasteiger partial charge in [-0.3, -0.25) is 4.90 Å². The van der Waals surface area contributed by atoms with Crippen molar-refractivity contribution in [3.8, 4) is 6.07 Å². The zero-order valence-corrected chi connectivity index (χ0v) is 18.8. The Kier molecular flexibility index (Phi) is 6.86. The van der Waals surface area contributed by atoms with Crippen LogP contribution in [0.2, 0.25) is 0 Å². The highest BCUT2D eigenvalue weighted by molar-refractivity contribution is 5.75. The molecule has 0 bridgehead atoms. The fourth-order valence-corrected chi connectivity index (χ4v) is 4.55. The van der Waals surface area contributed by atoms with E-state index in [1.807, 2.05) is 17.0 Å². The molecule has 168 valence electrons. The number of benzene rings is 1. The third-order valence-corrected chi connectivity index (χ3v) is 6.44. The van der Waals surface area contributed by atoms with Crippen LogP contribution < -0.4 is 10.2 Å². The lowest BCUT2D eigenvalue weighted by Gasteiger charge is -2.44. The Hall–Kier alpha value is -3.18. The summed E-state index contributed by atoms with van der Waals surface area (Å²) in [6, 6.07) is 13.0. The maximum Gasteiger partial charge on any atom is 0.317 e. The largest absolute Gasteiger partial charge is 0.335 e. The highest BCUT2D eigenvalue weighted by Crippen LogP contribution is 2.21. The van der Waals surface area contributed by atoms with Gasteiger partial charge in [-0.05, 0) is 32.3 Å². The Bertz CT molecular complexity index is 935. The summed E-state index contributed by atoms with van der Waals surface area (Å²) in [4.78, 5) is 28.2. The molecule has 1 aromatic carbocycles. The molecule has 1 aromatic heterocycles. The number of anilines is 1. The summed E-state index contributed by atoms with van der Waals surface area (Å²) in [6.45, 7) is 8.38. The van der Waals surface area contributed by atoms with E-state index in [-0.39, 0.29) is 24.2 Å². The summed E-state index contributed by atoms with van der Waals surface area (Å²) in [7, 11) is 0. The lowest BCUT2D eigenvalue weighted by atomic mass is 10.0. The lowest BCUT2D eigenvalue weighted by molar-refractivity contribution is 0.145. The molecule has 2 aliphatic heterocycles. The van der Waals surface area contributed by atoms with Gasteiger partial charge in [-0.15, -0.1) is 0 Å². The van der Waals surface area contributed by atoms with Crippen LogP contribution in [0.5, 0.6) is 0 Å². The van der Waals surface area contributed by atoms with E-state index in [0.29, 0.717) is 24.6 Å². The molecule has 32 heavy (non-hydrogen) atoms. The number of likely N-dealkylation sites (tertiary alicyclic amines) is 1. The summed E-state index contributed by atoms with van der Waals surface area (Å²) in [6.07, 6.45) is 5.04. The number of hydrogen-bond donors (Lipinski definition) is 1. The molecule has 2 saturated heterocycles. The first-order chi connectivity index (χ1) is 15.5. The molecule has 2 aromatic rings. The molecule has 0 radical (unpaired) electrons. The van der Waals surface area contributed by atoms with Gasteiger partial charge in [0.1, 0.15) is 6.07 Å². The van der Waals surface area contributed by atoms with Crippen molar-refractivity contribution in [1.29, 1.82) is 5.26 Å². The molecule has 0 aliphatic carbocycles. The quantitative estimate of drug-likeness (QED) is 0.797. The minimum absolute atomic E-state index is 0.0197. The van der Waals surface area contributed by atoms with Gasteiger partial charge in [0.25, 0.3) is 0 Å². The normalized spacial score (nSPS) is 22.4. The fraction of sp³-hybridized carbons (Fsp3) is 0.500. The third kappa shape index (κ3) is 5.17. The molecule has 2 atom stereocenters. The van der Waals surface area contributed by atoms with Crippen LogP contribution in [0.1, 0.15) is 37.8 Å². The molecule has 8 heteroatoms. The summed E-state index contributed by atoms with van der Waals surface area (Å²) in [5.74, 6) is 0.606. The number of carbonyl (C=O) groups is 1. The first-order valence-corrected chi connectivity index (χ1v) is 11.4. The van der Waals surface area contributed by atoms with Crippen LogP contribution in [0.25, 0.3) is 0 Å². The summed E-state index contributed by atoms with van der Waals surface area (Å²) >= 11 is 0. The van der Waals surface area contributed by atoms with Gasteiger partial charge < -0.3 is 15.1 Å². The topological polar surface area (TPSA) is 88.4 Å². The Morgan fingerprint density at radius 3 is 2.44 bits per heavy atom. The predicted molar refractivity (Wildman–Crippen MR) is 123 cm³/mol. The van der Waals surface area contributed by atoms with E-state index in [1.165, 1.54) is 5.56 Å². The van der Waals surface area contributed by atoms with Gasteiger partial charge in [0.2, 0.25) is 5.95 Å². The number of piperazine rings is 1. The summed E-state index contributed by atoms with van der Waals surface area (Å²) in [5.41, 5.74) is 1.78. The van der Waals surface area contributed by atoms with E-state index in [2.05, 4.69) is 63.2 Å². The predicted octanol–water partition coefficient (Wildman–Crippen LogP) is 2.62. The number of nitriles is 1. The molecule has 2 amide bonds. The van der Waals surface area contributed by atoms with Crippen molar-refractivity contribution < 1.29 is 4.79 Å². The Balaban J connectivity index is 1.27. The van der Waals surface area contributed by atoms with Crippen LogP contribution in [0, 0.1) is 11.3 Å². The number of piperidine rings is 1. The fourth-order valence-electron chi connectivity index (χ4n) is 4.55. The first kappa shape index (κ1) is 22.0. The van der Waals surface area contributed by atoms with Crippen molar-refractivity contribution in [2.75, 3.05) is 31.1 Å². The van der Waals surface area contributed by atoms with Gasteiger partial charge in [0.15, 0.2) is 0 Å². The van der Waals surface area contributed by atoms with E-state index in [4.69, 9.17) is 5.26 Å². The second-order valence-corrected chi connectivity index (χ2v) is 8.87. The zero-order valence-electron chi connectivity index (χ0n) is 18.8. The maximum absolute atomic E-state index is 13.0. The van der Waals surface area contributed by atoms with Gasteiger partial charge >= 0.3 is 6.03 Å². The van der Waals surface area contributed by atoms with Crippen molar-refractivity contribution in [3.63, 3.8) is 0 Å². The number of rotatable bonds is 4. The summed E-state index contributed by atoms with van der Waals surface area (Å²) in [5, 5.41) is 12.2. The van der Waals surface area contributed by atoms with Crippen LogP contribution in [0.4, 0.5) is 10.7 Å². The SMILES string of the molecule is C[C@@H]1CN(C(=O)NC2CCN(Cc3ccccc3)CC2)[C@@H](C)CN1c1ncc(C#N)cn1. The van der Waals surface area contributed by atoms with Crippen molar-refractivity contribution in [2.45, 2.75) is 51.4 Å². The molecule has 3 heterocycles. The van der Waals surface area contributed by atoms with Gasteiger partial charge in [-0.25, -0.2) is 14.8 Å². The van der Waals surface area contributed by atoms with E-state index in [0.717, 1.165) is 32.5 Å². The molecule has 0 spiro atoms. The summed E-state index contributed by atoms with van der Waals surface area (Å²) < 4.78 is 0. The average Bonchev–Trinajstić information content (AvgIpc) is 2.82. The van der Waals surface area contributed by atoms with Crippen LogP contribution in [-0.4, -0.2) is 70.1 Å². The zero-order chi connectivity index (χ0) is 22.5. The number of nitrogens with one attached hydrogen (secondary N) is 1. The number of amides is 2. The highest BCUT2D eigenvalue weighted by Gasteiger charge is 2.34. The molecule has 2 fully saturated rings. The van der Waals surface area contributed by atoms with Crippen LogP contribution in [0.15, 0.2) is 42.7 Å². The van der Waals surface area contributed by atoms with Crippen LogP contribution >= 0.6 is 0 Å². The molecule has 2 aliphatic rings. The molecule has 0 unspecified atom stereocenters. The van der Waals surface area contributed by atoms with E-state index in [1.54, 1.807) is 12.4 Å². The van der Waals surface area contributed by atoms with Gasteiger partial charge in [-0.1, -0.05) is 30.3 Å². The van der Waals surface area contributed by atoms with Crippen molar-refractivity contribution in [3.05, 3.63) is 53.9 Å². The van der Waals surface area contributed by atoms with Crippen LogP contribution in [0.3, 0.4) is 0 Å². The number of aromatic nitrogens is 2. The number of urea groups is 1. The van der Waals surface area contributed by atoms with E-state index in [9.17, 15) is 4.79 Å². The van der Waals surface area contributed by atoms with E-state index < -0.39 is 0 Å². The minimum Gasteiger partial charge on any atom is -0.335 e.